The maximum Gasteiger partial charge on any atom is 0.405 e. The van der Waals surface area contributed by atoms with Gasteiger partial charge < -0.3 is 16.0 Å². The Balaban J connectivity index is 1.76. The second-order valence-corrected chi connectivity index (χ2v) is 5.54. The smallest absolute Gasteiger partial charge is 0.329 e. The highest BCUT2D eigenvalue weighted by Gasteiger charge is 2.34. The number of hydrogen-bond acceptors (Lipinski definition) is 3. The van der Waals surface area contributed by atoms with Crippen molar-refractivity contribution in [3.05, 3.63) is 0 Å². The van der Waals surface area contributed by atoms with Gasteiger partial charge in [0.2, 0.25) is 0 Å². The zero-order valence-electron chi connectivity index (χ0n) is 11.3. The topological polar surface area (TPSA) is 61.6 Å². The van der Waals surface area contributed by atoms with Crippen LogP contribution in [0.5, 0.6) is 0 Å². The van der Waals surface area contributed by atoms with E-state index in [-0.39, 0.29) is 12.1 Å². The molecular formula is C12H21F3N4O. The van der Waals surface area contributed by atoms with Gasteiger partial charge in [0, 0.05) is 25.2 Å². The van der Waals surface area contributed by atoms with E-state index in [1.807, 2.05) is 5.32 Å². The first kappa shape index (κ1) is 15.4. The van der Waals surface area contributed by atoms with Gasteiger partial charge in [-0.1, -0.05) is 0 Å². The van der Waals surface area contributed by atoms with E-state index in [2.05, 4.69) is 4.90 Å². The molecule has 2 aliphatic heterocycles. The van der Waals surface area contributed by atoms with E-state index in [4.69, 9.17) is 5.73 Å². The highest BCUT2D eigenvalue weighted by atomic mass is 19.4. The van der Waals surface area contributed by atoms with E-state index in [0.717, 1.165) is 32.4 Å². The van der Waals surface area contributed by atoms with Gasteiger partial charge in [0.15, 0.2) is 0 Å². The molecule has 0 aromatic rings. The summed E-state index contributed by atoms with van der Waals surface area (Å²) in [5, 5.41) is 1.92. The van der Waals surface area contributed by atoms with Crippen LogP contribution < -0.4 is 11.1 Å². The standard InChI is InChI=1S/C12H21F3N4O/c13-12(14,15)8-17-11(20)19-6-3-10(7-19)18-4-1-9(16)2-5-18/h9-10H,1-8,16H2,(H,17,20). The average Bonchev–Trinajstić information content (AvgIpc) is 2.85. The maximum atomic E-state index is 12.1. The van der Waals surface area contributed by atoms with Crippen LogP contribution in [-0.2, 0) is 0 Å². The van der Waals surface area contributed by atoms with Crippen molar-refractivity contribution in [2.24, 2.45) is 5.73 Å². The molecule has 116 valence electrons. The molecule has 8 heteroatoms. The highest BCUT2D eigenvalue weighted by molar-refractivity contribution is 5.74. The molecule has 0 saturated carbocycles. The minimum absolute atomic E-state index is 0.249. The van der Waals surface area contributed by atoms with Gasteiger partial charge in [0.05, 0.1) is 0 Å². The fourth-order valence-electron chi connectivity index (χ4n) is 2.80. The Morgan fingerprint density at radius 3 is 2.45 bits per heavy atom. The molecule has 0 bridgehead atoms. The zero-order chi connectivity index (χ0) is 14.8. The molecule has 0 aromatic carbocycles. The summed E-state index contributed by atoms with van der Waals surface area (Å²) < 4.78 is 36.2. The Bertz CT molecular complexity index is 342. The van der Waals surface area contributed by atoms with Gasteiger partial charge in [-0.15, -0.1) is 0 Å². The van der Waals surface area contributed by atoms with Crippen LogP contribution in [0.3, 0.4) is 0 Å². The lowest BCUT2D eigenvalue weighted by Crippen LogP contribution is -2.47. The summed E-state index contributed by atoms with van der Waals surface area (Å²) in [5.74, 6) is 0. The van der Waals surface area contributed by atoms with Crippen LogP contribution in [0.4, 0.5) is 18.0 Å². The first-order valence-corrected chi connectivity index (χ1v) is 6.94. The van der Waals surface area contributed by atoms with Crippen LogP contribution in [0, 0.1) is 0 Å². The van der Waals surface area contributed by atoms with E-state index in [0.29, 0.717) is 13.1 Å². The van der Waals surface area contributed by atoms with Gasteiger partial charge in [0.25, 0.3) is 0 Å². The number of hydrogen-bond donors (Lipinski definition) is 2. The van der Waals surface area contributed by atoms with Crippen LogP contribution >= 0.6 is 0 Å². The Morgan fingerprint density at radius 2 is 1.85 bits per heavy atom. The molecule has 2 aliphatic rings. The van der Waals surface area contributed by atoms with E-state index in [9.17, 15) is 18.0 Å². The largest absolute Gasteiger partial charge is 0.405 e. The first-order chi connectivity index (χ1) is 9.35. The van der Waals surface area contributed by atoms with Crippen LogP contribution in [0.25, 0.3) is 0 Å². The molecule has 2 fully saturated rings. The SMILES string of the molecule is NC1CCN(C2CCN(C(=O)NCC(F)(F)F)C2)CC1. The summed E-state index contributed by atoms with van der Waals surface area (Å²) in [6.45, 7) is 1.55. The molecule has 1 atom stereocenters. The van der Waals surface area contributed by atoms with Gasteiger partial charge in [0.1, 0.15) is 6.54 Å². The number of amides is 2. The van der Waals surface area contributed by atoms with E-state index < -0.39 is 18.8 Å². The van der Waals surface area contributed by atoms with Crippen molar-refractivity contribution in [3.63, 3.8) is 0 Å². The van der Waals surface area contributed by atoms with Crippen molar-refractivity contribution in [3.8, 4) is 0 Å². The normalized spacial score (nSPS) is 26.0. The lowest BCUT2D eigenvalue weighted by molar-refractivity contribution is -0.123. The molecule has 1 unspecified atom stereocenters. The first-order valence-electron chi connectivity index (χ1n) is 6.94. The molecule has 2 amide bonds. The molecule has 2 heterocycles. The number of alkyl halides is 3. The van der Waals surface area contributed by atoms with E-state index >= 15 is 0 Å². The average molecular weight is 294 g/mol. The highest BCUT2D eigenvalue weighted by Crippen LogP contribution is 2.20. The van der Waals surface area contributed by atoms with Crippen molar-refractivity contribution in [1.29, 1.82) is 0 Å². The molecule has 20 heavy (non-hydrogen) atoms. The van der Waals surface area contributed by atoms with Gasteiger partial charge in [-0.25, -0.2) is 4.79 Å². The van der Waals surface area contributed by atoms with Crippen LogP contribution in [0.1, 0.15) is 19.3 Å². The number of piperidine rings is 1. The van der Waals surface area contributed by atoms with Gasteiger partial charge >= 0.3 is 12.2 Å². The summed E-state index contributed by atoms with van der Waals surface area (Å²) in [6.07, 6.45) is -1.67. The number of rotatable bonds is 2. The third-order valence-electron chi connectivity index (χ3n) is 3.98. The van der Waals surface area contributed by atoms with Crippen molar-refractivity contribution >= 4 is 6.03 Å². The predicted molar refractivity (Wildman–Crippen MR) is 68.2 cm³/mol. The second-order valence-electron chi connectivity index (χ2n) is 5.54. The van der Waals surface area contributed by atoms with Crippen LogP contribution in [0.15, 0.2) is 0 Å². The fourth-order valence-corrected chi connectivity index (χ4v) is 2.80. The van der Waals surface area contributed by atoms with Crippen molar-refractivity contribution in [1.82, 2.24) is 15.1 Å². The van der Waals surface area contributed by atoms with Crippen LogP contribution in [-0.4, -0.2) is 66.8 Å². The number of likely N-dealkylation sites (tertiary alicyclic amines) is 2. The van der Waals surface area contributed by atoms with Gasteiger partial charge in [-0.2, -0.15) is 13.2 Å². The summed E-state index contributed by atoms with van der Waals surface area (Å²) in [7, 11) is 0. The number of carbonyl (C=O) groups is 1. The molecular weight excluding hydrogens is 273 g/mol. The number of carbonyl (C=O) groups excluding carboxylic acids is 1. The molecule has 0 radical (unpaired) electrons. The lowest BCUT2D eigenvalue weighted by atomic mass is 10.0. The molecule has 3 N–H and O–H groups in total. The number of nitrogens with one attached hydrogen (secondary N) is 1. The molecule has 5 nitrogen and oxygen atoms in total. The molecule has 0 spiro atoms. The number of nitrogens with zero attached hydrogens (tertiary/aromatic N) is 2. The summed E-state index contributed by atoms with van der Waals surface area (Å²) in [4.78, 5) is 15.4. The van der Waals surface area contributed by atoms with Crippen molar-refractivity contribution in [2.45, 2.75) is 37.5 Å². The molecule has 2 rings (SSSR count). The predicted octanol–water partition coefficient (Wildman–Crippen LogP) is 0.756. The lowest BCUT2D eigenvalue weighted by Gasteiger charge is -2.34. The second kappa shape index (κ2) is 6.17. The Labute approximate surface area is 116 Å². The minimum Gasteiger partial charge on any atom is -0.329 e. The van der Waals surface area contributed by atoms with Crippen molar-refractivity contribution in [2.75, 3.05) is 32.7 Å². The Kier molecular flexibility index (Phi) is 4.74. The monoisotopic (exact) mass is 294 g/mol. The van der Waals surface area contributed by atoms with Gasteiger partial charge in [-0.05, 0) is 32.4 Å². The number of urea groups is 1. The van der Waals surface area contributed by atoms with Gasteiger partial charge in [-0.3, -0.25) is 4.90 Å². The fraction of sp³-hybridized carbons (Fsp3) is 0.917. The minimum atomic E-state index is -4.36. The molecule has 0 aromatic heterocycles. The number of halogens is 3. The third kappa shape index (κ3) is 4.24. The Morgan fingerprint density at radius 1 is 1.20 bits per heavy atom. The summed E-state index contributed by atoms with van der Waals surface area (Å²) in [5.41, 5.74) is 5.84. The molecule has 2 saturated heterocycles. The zero-order valence-corrected chi connectivity index (χ0v) is 11.3. The van der Waals surface area contributed by atoms with Crippen molar-refractivity contribution < 1.29 is 18.0 Å². The summed E-state index contributed by atoms with van der Waals surface area (Å²) in [6, 6.07) is -0.128. The Hall–Kier alpha value is -1.02. The summed E-state index contributed by atoms with van der Waals surface area (Å²) >= 11 is 0. The number of nitrogens with two attached hydrogens (primary N) is 1. The third-order valence-corrected chi connectivity index (χ3v) is 3.98. The maximum absolute atomic E-state index is 12.1. The quantitative estimate of drug-likeness (QED) is 0.790. The van der Waals surface area contributed by atoms with E-state index in [1.54, 1.807) is 0 Å². The van der Waals surface area contributed by atoms with Crippen LogP contribution in [0.2, 0.25) is 0 Å². The molecule has 0 aliphatic carbocycles. The van der Waals surface area contributed by atoms with E-state index in [1.165, 1.54) is 4.90 Å².